The van der Waals surface area contributed by atoms with Crippen molar-refractivity contribution in [2.45, 2.75) is 0 Å². The summed E-state index contributed by atoms with van der Waals surface area (Å²) < 4.78 is 25.1. The standard InChI is InChI=1S/C9H4F2N2/c10-7-4-6(2-1-3-12)9(13)5-8(7)11/h4-5H,13H2. The molecule has 0 aliphatic rings. The molecule has 0 saturated heterocycles. The first kappa shape index (κ1) is 9.02. The fourth-order valence-corrected chi connectivity index (χ4v) is 0.766. The van der Waals surface area contributed by atoms with Gasteiger partial charge in [0.1, 0.15) is 0 Å². The first-order chi connectivity index (χ1) is 6.15. The van der Waals surface area contributed by atoms with Gasteiger partial charge in [0.15, 0.2) is 17.7 Å². The second-order valence-corrected chi connectivity index (χ2v) is 2.22. The number of halogens is 2. The van der Waals surface area contributed by atoms with Gasteiger partial charge in [0.25, 0.3) is 0 Å². The average molecular weight is 178 g/mol. The second-order valence-electron chi connectivity index (χ2n) is 2.22. The molecule has 0 saturated carbocycles. The van der Waals surface area contributed by atoms with Crippen molar-refractivity contribution in [2.24, 2.45) is 0 Å². The molecule has 1 aromatic carbocycles. The molecule has 0 aliphatic carbocycles. The highest BCUT2D eigenvalue weighted by Crippen LogP contribution is 2.15. The van der Waals surface area contributed by atoms with Crippen molar-refractivity contribution in [3.63, 3.8) is 0 Å². The molecule has 13 heavy (non-hydrogen) atoms. The SMILES string of the molecule is N#CC#Cc1cc(F)c(F)cc1N. The molecule has 0 atom stereocenters. The molecule has 0 aromatic heterocycles. The van der Waals surface area contributed by atoms with Crippen molar-refractivity contribution >= 4 is 5.69 Å². The molecule has 0 fully saturated rings. The Morgan fingerprint density at radius 2 is 1.85 bits per heavy atom. The predicted octanol–water partition coefficient (Wildman–Crippen LogP) is 1.42. The fraction of sp³-hybridized carbons (Fsp3) is 0. The Bertz CT molecular complexity index is 435. The maximum Gasteiger partial charge on any atom is 0.160 e. The largest absolute Gasteiger partial charge is 0.398 e. The molecule has 0 unspecified atom stereocenters. The Balaban J connectivity index is 3.25. The summed E-state index contributed by atoms with van der Waals surface area (Å²) in [5.41, 5.74) is 5.44. The minimum Gasteiger partial charge on any atom is -0.398 e. The lowest BCUT2D eigenvalue weighted by atomic mass is 10.2. The van der Waals surface area contributed by atoms with Crippen LogP contribution in [0.4, 0.5) is 14.5 Å². The lowest BCUT2D eigenvalue weighted by Crippen LogP contribution is -1.94. The Morgan fingerprint density at radius 3 is 2.46 bits per heavy atom. The maximum absolute atomic E-state index is 12.6. The van der Waals surface area contributed by atoms with E-state index in [1.807, 2.05) is 5.92 Å². The van der Waals surface area contributed by atoms with E-state index in [2.05, 4.69) is 5.92 Å². The summed E-state index contributed by atoms with van der Waals surface area (Å²) in [6, 6.07) is 3.23. The van der Waals surface area contributed by atoms with Crippen molar-refractivity contribution in [3.05, 3.63) is 29.3 Å². The predicted molar refractivity (Wildman–Crippen MR) is 43.3 cm³/mol. The molecule has 2 N–H and O–H groups in total. The molecule has 0 aliphatic heterocycles. The van der Waals surface area contributed by atoms with Crippen molar-refractivity contribution in [2.75, 3.05) is 5.73 Å². The third-order valence-electron chi connectivity index (χ3n) is 1.35. The van der Waals surface area contributed by atoms with Gasteiger partial charge in [0.05, 0.1) is 11.3 Å². The van der Waals surface area contributed by atoms with Crippen LogP contribution in [-0.4, -0.2) is 0 Å². The molecule has 0 spiro atoms. The zero-order valence-electron chi connectivity index (χ0n) is 6.44. The average Bonchev–Trinajstić information content (AvgIpc) is 2.09. The molecule has 4 heteroatoms. The quantitative estimate of drug-likeness (QED) is 0.482. The van der Waals surface area contributed by atoms with E-state index in [0.29, 0.717) is 0 Å². The number of nitrogens with two attached hydrogens (primary N) is 1. The monoisotopic (exact) mass is 178 g/mol. The van der Waals surface area contributed by atoms with Gasteiger partial charge in [0, 0.05) is 12.0 Å². The minimum absolute atomic E-state index is 0.0154. The van der Waals surface area contributed by atoms with Crippen LogP contribution in [0.1, 0.15) is 5.56 Å². The summed E-state index contributed by atoms with van der Waals surface area (Å²) in [4.78, 5) is 0. The van der Waals surface area contributed by atoms with E-state index in [-0.39, 0.29) is 11.3 Å². The van der Waals surface area contributed by atoms with Gasteiger partial charge in [0.2, 0.25) is 0 Å². The molecule has 2 nitrogen and oxygen atoms in total. The molecule has 64 valence electrons. The van der Waals surface area contributed by atoms with Gasteiger partial charge in [-0.25, -0.2) is 8.78 Å². The molecule has 0 bridgehead atoms. The van der Waals surface area contributed by atoms with Crippen LogP contribution in [0.5, 0.6) is 0 Å². The number of nitrogen functional groups attached to an aromatic ring is 1. The molecule has 1 rings (SSSR count). The number of nitrogens with zero attached hydrogens (tertiary/aromatic N) is 1. The van der Waals surface area contributed by atoms with Gasteiger partial charge in [-0.05, 0) is 12.0 Å². The van der Waals surface area contributed by atoms with E-state index in [9.17, 15) is 8.78 Å². The van der Waals surface area contributed by atoms with E-state index < -0.39 is 11.6 Å². The third kappa shape index (κ3) is 1.94. The van der Waals surface area contributed by atoms with Crippen molar-refractivity contribution in [3.8, 4) is 17.9 Å². The van der Waals surface area contributed by atoms with Crippen molar-refractivity contribution in [1.29, 1.82) is 5.26 Å². The number of hydrogen-bond donors (Lipinski definition) is 1. The Kier molecular flexibility index (Phi) is 2.47. The molecule has 0 heterocycles. The first-order valence-corrected chi connectivity index (χ1v) is 3.29. The van der Waals surface area contributed by atoms with Crippen LogP contribution in [0, 0.1) is 34.8 Å². The molecule has 0 radical (unpaired) electrons. The summed E-state index contributed by atoms with van der Waals surface area (Å²) in [7, 11) is 0. The van der Waals surface area contributed by atoms with Crippen LogP contribution in [-0.2, 0) is 0 Å². The highest BCUT2D eigenvalue weighted by molar-refractivity contribution is 5.56. The van der Waals surface area contributed by atoms with Crippen LogP contribution < -0.4 is 5.73 Å². The summed E-state index contributed by atoms with van der Waals surface area (Å²) in [5.74, 6) is 2.27. The van der Waals surface area contributed by atoms with Gasteiger partial charge < -0.3 is 5.73 Å². The van der Waals surface area contributed by atoms with Gasteiger partial charge in [-0.15, -0.1) is 0 Å². The second kappa shape index (κ2) is 3.55. The van der Waals surface area contributed by atoms with E-state index in [1.165, 1.54) is 0 Å². The number of hydrogen-bond acceptors (Lipinski definition) is 2. The van der Waals surface area contributed by atoms with Gasteiger partial charge in [-0.1, -0.05) is 0 Å². The Labute approximate surface area is 73.6 Å². The fourth-order valence-electron chi connectivity index (χ4n) is 0.766. The smallest absolute Gasteiger partial charge is 0.160 e. The zero-order chi connectivity index (χ0) is 9.84. The van der Waals surface area contributed by atoms with Crippen LogP contribution in [0.3, 0.4) is 0 Å². The van der Waals surface area contributed by atoms with Crippen LogP contribution in [0.25, 0.3) is 0 Å². The molecular weight excluding hydrogens is 174 g/mol. The van der Waals surface area contributed by atoms with Crippen LogP contribution in [0.2, 0.25) is 0 Å². The summed E-state index contributed by atoms with van der Waals surface area (Å²) in [5, 5.41) is 8.11. The highest BCUT2D eigenvalue weighted by atomic mass is 19.2. The molecule has 1 aromatic rings. The van der Waals surface area contributed by atoms with E-state index >= 15 is 0 Å². The van der Waals surface area contributed by atoms with Crippen LogP contribution >= 0.6 is 0 Å². The summed E-state index contributed by atoms with van der Waals surface area (Å²) in [6.45, 7) is 0. The van der Waals surface area contributed by atoms with Crippen LogP contribution in [0.15, 0.2) is 12.1 Å². The van der Waals surface area contributed by atoms with E-state index in [4.69, 9.17) is 11.0 Å². The lowest BCUT2D eigenvalue weighted by Gasteiger charge is -1.98. The molecule has 0 amide bonds. The summed E-state index contributed by atoms with van der Waals surface area (Å²) >= 11 is 0. The van der Waals surface area contributed by atoms with Gasteiger partial charge in [-0.3, -0.25) is 0 Å². The number of benzene rings is 1. The molecular formula is C9H4F2N2. The Hall–Kier alpha value is -2.07. The minimum atomic E-state index is -1.03. The first-order valence-electron chi connectivity index (χ1n) is 3.29. The highest BCUT2D eigenvalue weighted by Gasteiger charge is 2.05. The number of anilines is 1. The van der Waals surface area contributed by atoms with Crippen molar-refractivity contribution < 1.29 is 8.78 Å². The normalized spacial score (nSPS) is 8.38. The third-order valence-corrected chi connectivity index (χ3v) is 1.35. The van der Waals surface area contributed by atoms with Gasteiger partial charge in [-0.2, -0.15) is 5.26 Å². The number of rotatable bonds is 0. The Morgan fingerprint density at radius 1 is 1.23 bits per heavy atom. The zero-order valence-corrected chi connectivity index (χ0v) is 6.44. The topological polar surface area (TPSA) is 49.8 Å². The summed E-state index contributed by atoms with van der Waals surface area (Å²) in [6.07, 6.45) is 0. The van der Waals surface area contributed by atoms with E-state index in [0.717, 1.165) is 12.1 Å². The number of nitriles is 1. The lowest BCUT2D eigenvalue weighted by molar-refractivity contribution is 0.509. The van der Waals surface area contributed by atoms with E-state index in [1.54, 1.807) is 6.07 Å². The van der Waals surface area contributed by atoms with Gasteiger partial charge >= 0.3 is 0 Å². The van der Waals surface area contributed by atoms with Crippen molar-refractivity contribution in [1.82, 2.24) is 0 Å². The maximum atomic E-state index is 12.6.